The maximum absolute atomic E-state index is 14.7. The smallest absolute Gasteiger partial charge is 0.258 e. The van der Waals surface area contributed by atoms with Crippen LogP contribution in [-0.2, 0) is 16.6 Å². The zero-order chi connectivity index (χ0) is 18.8. The highest BCUT2D eigenvalue weighted by atomic mass is 19.1. The Balaban J connectivity index is 1.56. The molecule has 1 aliphatic carbocycles. The summed E-state index contributed by atoms with van der Waals surface area (Å²) in [5.41, 5.74) is 3.44. The second kappa shape index (κ2) is 5.65. The molecule has 0 aromatic heterocycles. The number of hydrogen-bond acceptors (Lipinski definition) is 2. The first kappa shape index (κ1) is 16.5. The monoisotopic (exact) mass is 364 g/mol. The summed E-state index contributed by atoms with van der Waals surface area (Å²) in [6, 6.07) is 10.5. The van der Waals surface area contributed by atoms with Crippen LogP contribution in [-0.4, -0.2) is 25.4 Å². The van der Waals surface area contributed by atoms with E-state index < -0.39 is 0 Å². The van der Waals surface area contributed by atoms with E-state index in [4.69, 9.17) is 0 Å². The van der Waals surface area contributed by atoms with E-state index in [9.17, 15) is 14.0 Å². The number of fused-ring (bicyclic) bond motifs is 3. The molecular weight excluding hydrogens is 343 g/mol. The fraction of sp³-hybridized carbons (Fsp3) is 0.364. The molecule has 0 N–H and O–H groups in total. The van der Waals surface area contributed by atoms with E-state index >= 15 is 0 Å². The standard InChI is InChI=1S/C22H21FN2O2/c1-24-18-11-15(8-7-14(18)12-19(24)26)21(27)25-13-22(9-2-3-10-22)20-16(23)5-4-6-17(20)25/h4-8,11H,2-3,9-10,12-13H2,1H3. The van der Waals surface area contributed by atoms with E-state index in [1.54, 1.807) is 35.0 Å². The van der Waals surface area contributed by atoms with Gasteiger partial charge in [-0.25, -0.2) is 4.39 Å². The SMILES string of the molecule is CN1C(=O)Cc2ccc(C(=O)N3CC4(CCCC4)c4c(F)cccc43)cc21. The molecule has 1 spiro atoms. The van der Waals surface area contributed by atoms with Crippen molar-refractivity contribution in [3.63, 3.8) is 0 Å². The first-order valence-electron chi connectivity index (χ1n) is 9.50. The minimum atomic E-state index is -0.250. The molecular formula is C22H21FN2O2. The van der Waals surface area contributed by atoms with Crippen molar-refractivity contribution in [3.05, 3.63) is 58.9 Å². The van der Waals surface area contributed by atoms with Crippen LogP contribution in [0.3, 0.4) is 0 Å². The van der Waals surface area contributed by atoms with Crippen LogP contribution in [0.2, 0.25) is 0 Å². The number of halogens is 1. The Morgan fingerprint density at radius 2 is 1.89 bits per heavy atom. The Hall–Kier alpha value is -2.69. The van der Waals surface area contributed by atoms with Crippen molar-refractivity contribution in [1.29, 1.82) is 0 Å². The molecule has 0 atom stereocenters. The lowest BCUT2D eigenvalue weighted by Gasteiger charge is -2.25. The Morgan fingerprint density at radius 3 is 2.67 bits per heavy atom. The predicted molar refractivity (Wildman–Crippen MR) is 102 cm³/mol. The molecule has 2 heterocycles. The number of nitrogens with zero attached hydrogens (tertiary/aromatic N) is 2. The maximum Gasteiger partial charge on any atom is 0.258 e. The highest BCUT2D eigenvalue weighted by Gasteiger charge is 2.48. The quantitative estimate of drug-likeness (QED) is 0.772. The third-order valence-corrected chi connectivity index (χ3v) is 6.49. The van der Waals surface area contributed by atoms with Crippen LogP contribution in [0.15, 0.2) is 36.4 Å². The van der Waals surface area contributed by atoms with Gasteiger partial charge in [0, 0.05) is 35.8 Å². The fourth-order valence-electron chi connectivity index (χ4n) is 5.10. The van der Waals surface area contributed by atoms with Crippen molar-refractivity contribution >= 4 is 23.2 Å². The molecule has 1 saturated carbocycles. The van der Waals surface area contributed by atoms with Crippen LogP contribution in [0.25, 0.3) is 0 Å². The summed E-state index contributed by atoms with van der Waals surface area (Å²) in [5, 5.41) is 0. The van der Waals surface area contributed by atoms with Crippen molar-refractivity contribution in [3.8, 4) is 0 Å². The summed E-state index contributed by atoms with van der Waals surface area (Å²) in [7, 11) is 1.73. The molecule has 4 nitrogen and oxygen atoms in total. The lowest BCUT2D eigenvalue weighted by Crippen LogP contribution is -2.35. The lowest BCUT2D eigenvalue weighted by molar-refractivity contribution is -0.117. The molecule has 0 radical (unpaired) electrons. The van der Waals surface area contributed by atoms with E-state index in [0.717, 1.165) is 36.9 Å². The third-order valence-electron chi connectivity index (χ3n) is 6.49. The number of rotatable bonds is 1. The van der Waals surface area contributed by atoms with Gasteiger partial charge in [0.25, 0.3) is 5.91 Å². The molecule has 2 aromatic rings. The van der Waals surface area contributed by atoms with Crippen LogP contribution in [0.1, 0.15) is 47.2 Å². The Bertz CT molecular complexity index is 978. The van der Waals surface area contributed by atoms with E-state index in [1.807, 2.05) is 12.1 Å². The Kier molecular flexibility index (Phi) is 3.45. The number of carbonyl (C=O) groups is 2. The van der Waals surface area contributed by atoms with Crippen LogP contribution in [0, 0.1) is 5.82 Å². The predicted octanol–water partition coefficient (Wildman–Crippen LogP) is 3.82. The molecule has 138 valence electrons. The summed E-state index contributed by atoms with van der Waals surface area (Å²) in [4.78, 5) is 28.6. The molecule has 27 heavy (non-hydrogen) atoms. The average Bonchev–Trinajstić information content (AvgIpc) is 3.34. The van der Waals surface area contributed by atoms with Gasteiger partial charge in [-0.15, -0.1) is 0 Å². The summed E-state index contributed by atoms with van der Waals surface area (Å²) >= 11 is 0. The molecule has 1 fully saturated rings. The van der Waals surface area contributed by atoms with Gasteiger partial charge >= 0.3 is 0 Å². The van der Waals surface area contributed by atoms with Crippen LogP contribution in [0.5, 0.6) is 0 Å². The van der Waals surface area contributed by atoms with Gasteiger partial charge in [0.2, 0.25) is 5.91 Å². The molecule has 2 aliphatic heterocycles. The first-order valence-corrected chi connectivity index (χ1v) is 9.50. The number of benzene rings is 2. The molecule has 0 saturated heterocycles. The normalized spacial score (nSPS) is 19.7. The number of amides is 2. The van der Waals surface area contributed by atoms with Gasteiger partial charge in [0.1, 0.15) is 5.82 Å². The Morgan fingerprint density at radius 1 is 1.11 bits per heavy atom. The zero-order valence-electron chi connectivity index (χ0n) is 15.3. The van der Waals surface area contributed by atoms with Gasteiger partial charge in [0.15, 0.2) is 0 Å². The number of likely N-dealkylation sites (N-methyl/N-ethyl adjacent to an activating group) is 1. The summed E-state index contributed by atoms with van der Waals surface area (Å²) in [5.74, 6) is -0.293. The van der Waals surface area contributed by atoms with E-state index in [1.165, 1.54) is 6.07 Å². The number of anilines is 2. The van der Waals surface area contributed by atoms with Gasteiger partial charge in [-0.2, -0.15) is 0 Å². The van der Waals surface area contributed by atoms with E-state index in [0.29, 0.717) is 29.8 Å². The van der Waals surface area contributed by atoms with Crippen molar-refractivity contribution in [2.75, 3.05) is 23.4 Å². The largest absolute Gasteiger partial charge is 0.315 e. The van der Waals surface area contributed by atoms with Crippen LogP contribution >= 0.6 is 0 Å². The van der Waals surface area contributed by atoms with Gasteiger partial charge in [-0.1, -0.05) is 25.0 Å². The van der Waals surface area contributed by atoms with Crippen LogP contribution < -0.4 is 9.80 Å². The molecule has 5 rings (SSSR count). The second-order valence-corrected chi connectivity index (χ2v) is 7.99. The zero-order valence-corrected chi connectivity index (χ0v) is 15.3. The highest BCUT2D eigenvalue weighted by molar-refractivity contribution is 6.10. The minimum Gasteiger partial charge on any atom is -0.315 e. The van der Waals surface area contributed by atoms with Gasteiger partial charge in [-0.3, -0.25) is 9.59 Å². The molecule has 0 unspecified atom stereocenters. The molecule has 2 aromatic carbocycles. The maximum atomic E-state index is 14.7. The summed E-state index contributed by atoms with van der Waals surface area (Å²) < 4.78 is 14.7. The van der Waals surface area contributed by atoms with Crippen LogP contribution in [0.4, 0.5) is 15.8 Å². The number of carbonyl (C=O) groups excluding carboxylic acids is 2. The molecule has 2 amide bonds. The summed E-state index contributed by atoms with van der Waals surface area (Å²) in [6.07, 6.45) is 4.36. The van der Waals surface area contributed by atoms with Gasteiger partial charge < -0.3 is 9.80 Å². The first-order chi connectivity index (χ1) is 13.0. The van der Waals surface area contributed by atoms with E-state index in [-0.39, 0.29) is 23.0 Å². The topological polar surface area (TPSA) is 40.6 Å². The number of hydrogen-bond donors (Lipinski definition) is 0. The third kappa shape index (κ3) is 2.27. The highest BCUT2D eigenvalue weighted by Crippen LogP contribution is 2.51. The summed E-state index contributed by atoms with van der Waals surface area (Å²) in [6.45, 7) is 0.536. The average molecular weight is 364 g/mol. The molecule has 3 aliphatic rings. The van der Waals surface area contributed by atoms with Crippen molar-refractivity contribution in [2.45, 2.75) is 37.5 Å². The minimum absolute atomic E-state index is 0.0353. The fourth-order valence-corrected chi connectivity index (χ4v) is 5.10. The van der Waals surface area contributed by atoms with Crippen molar-refractivity contribution < 1.29 is 14.0 Å². The second-order valence-electron chi connectivity index (χ2n) is 7.99. The lowest BCUT2D eigenvalue weighted by atomic mass is 9.80. The Labute approximate surface area is 157 Å². The molecule has 5 heteroatoms. The van der Waals surface area contributed by atoms with Crippen molar-refractivity contribution in [2.24, 2.45) is 0 Å². The van der Waals surface area contributed by atoms with E-state index in [2.05, 4.69) is 0 Å². The van der Waals surface area contributed by atoms with Gasteiger partial charge in [-0.05, 0) is 42.7 Å². The molecule has 0 bridgehead atoms. The van der Waals surface area contributed by atoms with Gasteiger partial charge in [0.05, 0.1) is 12.1 Å². The van der Waals surface area contributed by atoms with Crippen molar-refractivity contribution in [1.82, 2.24) is 0 Å².